The van der Waals surface area contributed by atoms with Gasteiger partial charge < -0.3 is 19.4 Å². The number of carbonyl (C=O) groups excluding carboxylic acids is 1. The van der Waals surface area contributed by atoms with Crippen LogP contribution in [-0.4, -0.2) is 29.2 Å². The van der Waals surface area contributed by atoms with Crippen molar-refractivity contribution in [3.8, 4) is 11.5 Å². The average molecular weight is 470 g/mol. The molecule has 4 rings (SSSR count). The van der Waals surface area contributed by atoms with Gasteiger partial charge in [-0.15, -0.1) is 6.58 Å². The molecule has 0 aliphatic heterocycles. The fourth-order valence-electron chi connectivity index (χ4n) is 4.12. The predicted molar refractivity (Wildman–Crippen MR) is 139 cm³/mol. The molecule has 0 aliphatic carbocycles. The molecule has 3 aromatic carbocycles. The largest absolute Gasteiger partial charge is 0.493 e. The summed E-state index contributed by atoms with van der Waals surface area (Å²) in [4.78, 5) is 17.5. The van der Waals surface area contributed by atoms with Gasteiger partial charge in [0.2, 0.25) is 0 Å². The van der Waals surface area contributed by atoms with Gasteiger partial charge in [0.05, 0.1) is 31.3 Å². The Balaban J connectivity index is 1.42. The van der Waals surface area contributed by atoms with Crippen LogP contribution in [0.5, 0.6) is 11.5 Å². The fraction of sp³-hybridized carbons (Fsp3) is 0.241. The van der Waals surface area contributed by atoms with E-state index in [1.807, 2.05) is 73.7 Å². The molecule has 6 heteroatoms. The van der Waals surface area contributed by atoms with Crippen LogP contribution < -0.4 is 14.8 Å². The maximum absolute atomic E-state index is 12.7. The van der Waals surface area contributed by atoms with Crippen LogP contribution >= 0.6 is 0 Å². The topological polar surface area (TPSA) is 65.4 Å². The molecule has 0 radical (unpaired) electrons. The lowest BCUT2D eigenvalue weighted by Crippen LogP contribution is -2.25. The number of hydrogen-bond donors (Lipinski definition) is 1. The average Bonchev–Trinajstić information content (AvgIpc) is 3.23. The van der Waals surface area contributed by atoms with Crippen LogP contribution in [-0.2, 0) is 19.5 Å². The second kappa shape index (κ2) is 11.4. The van der Waals surface area contributed by atoms with Crippen LogP contribution in [0, 0.1) is 6.92 Å². The number of aromatic nitrogens is 2. The molecule has 35 heavy (non-hydrogen) atoms. The molecule has 180 valence electrons. The number of rotatable bonds is 11. The van der Waals surface area contributed by atoms with Gasteiger partial charge in [0.1, 0.15) is 5.82 Å². The summed E-state index contributed by atoms with van der Waals surface area (Å²) in [6.45, 7) is 7.31. The van der Waals surface area contributed by atoms with Crippen LogP contribution in [0.15, 0.2) is 79.4 Å². The zero-order valence-electron chi connectivity index (χ0n) is 20.3. The number of methoxy groups -OCH3 is 1. The first-order valence-corrected chi connectivity index (χ1v) is 11.8. The summed E-state index contributed by atoms with van der Waals surface area (Å²) in [5, 5.41) is 3.03. The quantitative estimate of drug-likeness (QED) is 0.233. The summed E-state index contributed by atoms with van der Waals surface area (Å²) in [6.07, 6.45) is 3.43. The van der Waals surface area contributed by atoms with Crippen molar-refractivity contribution in [1.82, 2.24) is 14.9 Å². The van der Waals surface area contributed by atoms with Crippen LogP contribution in [0.25, 0.3) is 11.0 Å². The molecule has 0 aliphatic rings. The van der Waals surface area contributed by atoms with Gasteiger partial charge >= 0.3 is 0 Å². The summed E-state index contributed by atoms with van der Waals surface area (Å²) < 4.78 is 13.7. The molecular weight excluding hydrogens is 438 g/mol. The van der Waals surface area contributed by atoms with Crippen molar-refractivity contribution < 1.29 is 14.3 Å². The smallest absolute Gasteiger partial charge is 0.251 e. The number of imidazole rings is 1. The van der Waals surface area contributed by atoms with Crippen LogP contribution in [0.2, 0.25) is 0 Å². The van der Waals surface area contributed by atoms with E-state index in [0.29, 0.717) is 25.3 Å². The van der Waals surface area contributed by atoms with Gasteiger partial charge in [0, 0.05) is 12.1 Å². The third kappa shape index (κ3) is 5.72. The first kappa shape index (κ1) is 24.1. The molecule has 0 atom stereocenters. The van der Waals surface area contributed by atoms with Crippen LogP contribution in [0.3, 0.4) is 0 Å². The van der Waals surface area contributed by atoms with E-state index in [9.17, 15) is 4.79 Å². The summed E-state index contributed by atoms with van der Waals surface area (Å²) in [6, 6.07) is 21.5. The van der Waals surface area contributed by atoms with Gasteiger partial charge in [-0.05, 0) is 61.2 Å². The number of hydrogen-bond acceptors (Lipinski definition) is 4. The number of nitrogens with one attached hydrogen (secondary N) is 1. The summed E-state index contributed by atoms with van der Waals surface area (Å²) in [5.41, 5.74) is 4.71. The monoisotopic (exact) mass is 469 g/mol. The summed E-state index contributed by atoms with van der Waals surface area (Å²) in [5.74, 6) is 2.16. The lowest BCUT2D eigenvalue weighted by Gasteiger charge is -2.13. The molecule has 1 heterocycles. The van der Waals surface area contributed by atoms with E-state index in [-0.39, 0.29) is 5.91 Å². The number of allylic oxidation sites excluding steroid dienone is 1. The Morgan fingerprint density at radius 3 is 2.69 bits per heavy atom. The third-order valence-electron chi connectivity index (χ3n) is 5.92. The van der Waals surface area contributed by atoms with E-state index in [4.69, 9.17) is 14.5 Å². The Labute approximate surface area is 206 Å². The lowest BCUT2D eigenvalue weighted by atomic mass is 10.1. The Bertz CT molecular complexity index is 1330. The number of ether oxygens (including phenoxy) is 2. The Hall–Kier alpha value is -4.06. The highest BCUT2D eigenvalue weighted by molar-refractivity contribution is 5.95. The first-order chi connectivity index (χ1) is 17.1. The molecular formula is C29H31N3O3. The van der Waals surface area contributed by atoms with Gasteiger partial charge in [-0.3, -0.25) is 4.79 Å². The Kier molecular flexibility index (Phi) is 7.83. The first-order valence-electron chi connectivity index (χ1n) is 11.8. The van der Waals surface area contributed by atoms with Gasteiger partial charge in [-0.2, -0.15) is 0 Å². The number of fused-ring (bicyclic) bond motifs is 1. The second-order valence-corrected chi connectivity index (χ2v) is 8.35. The van der Waals surface area contributed by atoms with Crippen molar-refractivity contribution >= 4 is 16.9 Å². The third-order valence-corrected chi connectivity index (χ3v) is 5.92. The van der Waals surface area contributed by atoms with E-state index in [2.05, 4.69) is 22.5 Å². The summed E-state index contributed by atoms with van der Waals surface area (Å²) in [7, 11) is 1.65. The molecule has 0 bridgehead atoms. The SMILES string of the molecule is C=CCc1ccc(OCCCn2c(CNC(=O)c3ccccc3C)nc3ccccc32)c(OC)c1. The number of para-hydroxylation sites is 2. The van der Waals surface area contributed by atoms with E-state index in [1.165, 1.54) is 0 Å². The maximum Gasteiger partial charge on any atom is 0.251 e. The van der Waals surface area contributed by atoms with Gasteiger partial charge in [0.15, 0.2) is 11.5 Å². The zero-order valence-corrected chi connectivity index (χ0v) is 20.3. The van der Waals surface area contributed by atoms with Crippen molar-refractivity contribution in [2.75, 3.05) is 13.7 Å². The minimum atomic E-state index is -0.1000. The molecule has 1 aromatic heterocycles. The number of carbonyl (C=O) groups is 1. The number of benzene rings is 3. The second-order valence-electron chi connectivity index (χ2n) is 8.35. The highest BCUT2D eigenvalue weighted by Gasteiger charge is 2.14. The van der Waals surface area contributed by atoms with Gasteiger partial charge in [0.25, 0.3) is 5.91 Å². The Morgan fingerprint density at radius 2 is 1.89 bits per heavy atom. The van der Waals surface area contributed by atoms with Crippen molar-refractivity contribution in [1.29, 1.82) is 0 Å². The van der Waals surface area contributed by atoms with Crippen molar-refractivity contribution in [3.05, 3.63) is 102 Å². The van der Waals surface area contributed by atoms with E-state index >= 15 is 0 Å². The van der Waals surface area contributed by atoms with E-state index < -0.39 is 0 Å². The predicted octanol–water partition coefficient (Wildman–Crippen LogP) is 5.48. The normalized spacial score (nSPS) is 10.8. The van der Waals surface area contributed by atoms with Crippen molar-refractivity contribution in [2.24, 2.45) is 0 Å². The van der Waals surface area contributed by atoms with Crippen LogP contribution in [0.4, 0.5) is 0 Å². The zero-order chi connectivity index (χ0) is 24.6. The summed E-state index contributed by atoms with van der Waals surface area (Å²) >= 11 is 0. The molecule has 0 fully saturated rings. The molecule has 1 N–H and O–H groups in total. The highest BCUT2D eigenvalue weighted by atomic mass is 16.5. The number of amides is 1. The minimum absolute atomic E-state index is 0.1000. The van der Waals surface area contributed by atoms with Gasteiger partial charge in [-0.1, -0.05) is 42.5 Å². The van der Waals surface area contributed by atoms with Gasteiger partial charge in [-0.25, -0.2) is 4.98 Å². The Morgan fingerprint density at radius 1 is 1.09 bits per heavy atom. The van der Waals surface area contributed by atoms with E-state index in [1.54, 1.807) is 7.11 Å². The molecule has 0 unspecified atom stereocenters. The molecule has 0 spiro atoms. The number of aryl methyl sites for hydroxylation is 2. The molecule has 4 aromatic rings. The van der Waals surface area contributed by atoms with Crippen molar-refractivity contribution in [2.45, 2.75) is 32.9 Å². The standard InChI is InChI=1S/C29H31N3O3/c1-4-10-22-15-16-26(27(19-22)34-3)35-18-9-17-32-25-14-8-7-13-24(25)31-28(32)20-30-29(33)23-12-6-5-11-21(23)2/h4-8,11-16,19H,1,9-10,17-18,20H2,2-3H3,(H,30,33). The number of nitrogens with zero attached hydrogens (tertiary/aromatic N) is 2. The maximum atomic E-state index is 12.7. The minimum Gasteiger partial charge on any atom is -0.493 e. The molecule has 0 saturated heterocycles. The fourth-order valence-corrected chi connectivity index (χ4v) is 4.12. The molecule has 0 saturated carbocycles. The van der Waals surface area contributed by atoms with Crippen molar-refractivity contribution in [3.63, 3.8) is 0 Å². The van der Waals surface area contributed by atoms with Crippen LogP contribution in [0.1, 0.15) is 33.7 Å². The van der Waals surface area contributed by atoms with E-state index in [0.717, 1.165) is 52.3 Å². The molecule has 6 nitrogen and oxygen atoms in total. The lowest BCUT2D eigenvalue weighted by molar-refractivity contribution is 0.0949. The highest BCUT2D eigenvalue weighted by Crippen LogP contribution is 2.28. The molecule has 1 amide bonds.